The Morgan fingerprint density at radius 2 is 1.86 bits per heavy atom. The van der Waals surface area contributed by atoms with Crippen LogP contribution in [0, 0.1) is 11.7 Å². The molecule has 5 nitrogen and oxygen atoms in total. The second-order valence-electron chi connectivity index (χ2n) is 5.71. The number of carbonyl (C=O) groups is 1. The highest BCUT2D eigenvalue weighted by Gasteiger charge is 2.26. The van der Waals surface area contributed by atoms with Crippen LogP contribution in [0.15, 0.2) is 29.2 Å². The van der Waals surface area contributed by atoms with Gasteiger partial charge in [0.15, 0.2) is 9.84 Å². The topological polar surface area (TPSA) is 89.3 Å². The number of nitrogens with one attached hydrogen (secondary N) is 1. The van der Waals surface area contributed by atoms with Gasteiger partial charge in [0.1, 0.15) is 5.82 Å². The van der Waals surface area contributed by atoms with E-state index in [1.54, 1.807) is 13.8 Å². The second kappa shape index (κ2) is 6.53. The average Bonchev–Trinajstić information content (AvgIpc) is 2.38. The Balaban J connectivity index is 2.79. The Morgan fingerprint density at radius 1 is 1.33 bits per heavy atom. The highest BCUT2D eigenvalue weighted by Crippen LogP contribution is 2.15. The van der Waals surface area contributed by atoms with Crippen molar-refractivity contribution in [1.29, 1.82) is 0 Å². The van der Waals surface area contributed by atoms with Crippen molar-refractivity contribution >= 4 is 15.7 Å². The van der Waals surface area contributed by atoms with Crippen molar-refractivity contribution < 1.29 is 17.6 Å². The fraction of sp³-hybridized carbons (Fsp3) is 0.500. The number of hydrogen-bond acceptors (Lipinski definition) is 4. The fourth-order valence-corrected chi connectivity index (χ4v) is 3.20. The quantitative estimate of drug-likeness (QED) is 0.769. The number of benzene rings is 1. The zero-order valence-electron chi connectivity index (χ0n) is 12.4. The lowest BCUT2D eigenvalue weighted by Crippen LogP contribution is -2.51. The number of hydrogen-bond donors (Lipinski definition) is 2. The summed E-state index contributed by atoms with van der Waals surface area (Å²) < 4.78 is 37.2. The van der Waals surface area contributed by atoms with Crippen LogP contribution in [0.2, 0.25) is 0 Å². The minimum Gasteiger partial charge on any atom is -0.350 e. The van der Waals surface area contributed by atoms with Crippen molar-refractivity contribution in [2.45, 2.75) is 31.2 Å². The Bertz CT molecular complexity index is 597. The van der Waals surface area contributed by atoms with Gasteiger partial charge in [-0.25, -0.2) is 12.8 Å². The molecular formula is C14H21FN2O3S. The summed E-state index contributed by atoms with van der Waals surface area (Å²) in [6.45, 7) is 5.29. The molecule has 7 heteroatoms. The Labute approximate surface area is 124 Å². The molecule has 21 heavy (non-hydrogen) atoms. The van der Waals surface area contributed by atoms with Gasteiger partial charge in [-0.2, -0.15) is 0 Å². The minimum absolute atomic E-state index is 0.00151. The van der Waals surface area contributed by atoms with E-state index in [0.29, 0.717) is 0 Å². The average molecular weight is 316 g/mol. The van der Waals surface area contributed by atoms with E-state index in [1.807, 2.05) is 0 Å². The maximum atomic E-state index is 12.8. The number of halogens is 1. The molecule has 3 N–H and O–H groups in total. The molecule has 0 saturated carbocycles. The molecule has 118 valence electrons. The molecule has 1 unspecified atom stereocenters. The molecule has 1 amide bonds. The second-order valence-corrected chi connectivity index (χ2v) is 7.75. The number of carbonyl (C=O) groups excluding carboxylic acids is 1. The predicted molar refractivity (Wildman–Crippen MR) is 78.9 cm³/mol. The van der Waals surface area contributed by atoms with Gasteiger partial charge < -0.3 is 11.1 Å². The molecule has 1 aromatic rings. The van der Waals surface area contributed by atoms with Crippen LogP contribution in [-0.4, -0.2) is 32.2 Å². The smallest absolute Gasteiger partial charge is 0.224 e. The molecule has 1 aromatic carbocycles. The van der Waals surface area contributed by atoms with Crippen LogP contribution in [0.25, 0.3) is 0 Å². The van der Waals surface area contributed by atoms with Crippen molar-refractivity contribution in [3.8, 4) is 0 Å². The van der Waals surface area contributed by atoms with Gasteiger partial charge in [0.05, 0.1) is 10.6 Å². The summed E-state index contributed by atoms with van der Waals surface area (Å²) in [6, 6.07) is 4.54. The maximum absolute atomic E-state index is 12.8. The first-order chi connectivity index (χ1) is 9.57. The third kappa shape index (κ3) is 5.09. The first-order valence-electron chi connectivity index (χ1n) is 6.58. The van der Waals surface area contributed by atoms with Crippen molar-refractivity contribution in [2.75, 3.05) is 12.3 Å². The molecule has 0 saturated heterocycles. The molecule has 0 aliphatic carbocycles. The molecule has 0 aliphatic heterocycles. The molecule has 0 radical (unpaired) electrons. The van der Waals surface area contributed by atoms with Gasteiger partial charge in [0.25, 0.3) is 0 Å². The molecule has 0 aromatic heterocycles. The predicted octanol–water partition coefficient (Wildman–Crippen LogP) is 1.09. The highest BCUT2D eigenvalue weighted by molar-refractivity contribution is 7.91. The molecular weight excluding hydrogens is 295 g/mol. The summed E-state index contributed by atoms with van der Waals surface area (Å²) in [6.07, 6.45) is 0. The van der Waals surface area contributed by atoms with E-state index in [0.717, 1.165) is 12.1 Å². The number of nitrogens with two attached hydrogens (primary N) is 1. The third-order valence-corrected chi connectivity index (χ3v) is 4.99. The van der Waals surface area contributed by atoms with Crippen LogP contribution in [0.4, 0.5) is 4.39 Å². The molecule has 0 fully saturated rings. The van der Waals surface area contributed by atoms with E-state index in [1.165, 1.54) is 19.1 Å². The van der Waals surface area contributed by atoms with Crippen LogP contribution in [0.1, 0.15) is 20.8 Å². The monoisotopic (exact) mass is 316 g/mol. The van der Waals surface area contributed by atoms with Crippen LogP contribution < -0.4 is 11.1 Å². The lowest BCUT2D eigenvalue weighted by Gasteiger charge is -2.26. The Kier molecular flexibility index (Phi) is 5.47. The van der Waals surface area contributed by atoms with Crippen molar-refractivity contribution in [3.63, 3.8) is 0 Å². The van der Waals surface area contributed by atoms with E-state index < -0.39 is 27.1 Å². The molecule has 0 heterocycles. The van der Waals surface area contributed by atoms with Gasteiger partial charge in [-0.3, -0.25) is 4.79 Å². The number of amides is 1. The molecule has 1 atom stereocenters. The zero-order valence-corrected chi connectivity index (χ0v) is 13.2. The van der Waals surface area contributed by atoms with Crippen LogP contribution in [0.5, 0.6) is 0 Å². The first-order valence-corrected chi connectivity index (χ1v) is 8.23. The van der Waals surface area contributed by atoms with E-state index in [4.69, 9.17) is 5.73 Å². The van der Waals surface area contributed by atoms with Gasteiger partial charge in [-0.15, -0.1) is 0 Å². The standard InChI is InChI=1S/C14H21FN2O3S/c1-10(13(18)17-14(2,3)9-16)8-21(19,20)12-6-4-11(15)5-7-12/h4-7,10H,8-9,16H2,1-3H3,(H,17,18). The van der Waals surface area contributed by atoms with E-state index in [2.05, 4.69) is 5.32 Å². The van der Waals surface area contributed by atoms with E-state index in [-0.39, 0.29) is 23.1 Å². The molecule has 0 aliphatic rings. The lowest BCUT2D eigenvalue weighted by atomic mass is 10.0. The van der Waals surface area contributed by atoms with Crippen LogP contribution >= 0.6 is 0 Å². The first kappa shape index (κ1) is 17.6. The van der Waals surface area contributed by atoms with Gasteiger partial charge in [-0.1, -0.05) is 6.92 Å². The summed E-state index contributed by atoms with van der Waals surface area (Å²) in [5.41, 5.74) is 4.93. The van der Waals surface area contributed by atoms with E-state index in [9.17, 15) is 17.6 Å². The largest absolute Gasteiger partial charge is 0.350 e. The third-order valence-electron chi connectivity index (χ3n) is 3.06. The normalized spacial score (nSPS) is 13.8. The van der Waals surface area contributed by atoms with Crippen molar-refractivity contribution in [3.05, 3.63) is 30.1 Å². The van der Waals surface area contributed by atoms with Gasteiger partial charge >= 0.3 is 0 Å². The summed E-state index contributed by atoms with van der Waals surface area (Å²) in [7, 11) is -3.64. The Hall–Kier alpha value is -1.47. The highest BCUT2D eigenvalue weighted by atomic mass is 32.2. The summed E-state index contributed by atoms with van der Waals surface area (Å²) in [5, 5.41) is 2.70. The number of sulfone groups is 1. The lowest BCUT2D eigenvalue weighted by molar-refractivity contribution is -0.125. The molecule has 0 spiro atoms. The maximum Gasteiger partial charge on any atom is 0.224 e. The summed E-state index contributed by atoms with van der Waals surface area (Å²) in [5.74, 6) is -1.96. The SMILES string of the molecule is CC(CS(=O)(=O)c1ccc(F)cc1)C(=O)NC(C)(C)CN. The minimum atomic E-state index is -3.64. The van der Waals surface area contributed by atoms with Crippen molar-refractivity contribution in [2.24, 2.45) is 11.7 Å². The van der Waals surface area contributed by atoms with Gasteiger partial charge in [0.2, 0.25) is 5.91 Å². The molecule has 1 rings (SSSR count). The van der Waals surface area contributed by atoms with Gasteiger partial charge in [0, 0.05) is 18.0 Å². The molecule has 0 bridgehead atoms. The number of rotatable bonds is 6. The van der Waals surface area contributed by atoms with Crippen LogP contribution in [-0.2, 0) is 14.6 Å². The van der Waals surface area contributed by atoms with Gasteiger partial charge in [-0.05, 0) is 38.1 Å². The zero-order chi connectivity index (χ0) is 16.3. The fourth-order valence-electron chi connectivity index (χ4n) is 1.65. The summed E-state index contributed by atoms with van der Waals surface area (Å²) in [4.78, 5) is 12.0. The summed E-state index contributed by atoms with van der Waals surface area (Å²) >= 11 is 0. The van der Waals surface area contributed by atoms with Crippen LogP contribution in [0.3, 0.4) is 0 Å². The van der Waals surface area contributed by atoms with Crippen molar-refractivity contribution in [1.82, 2.24) is 5.32 Å². The Morgan fingerprint density at radius 3 is 2.33 bits per heavy atom. The van der Waals surface area contributed by atoms with E-state index >= 15 is 0 Å².